The molecule has 2 unspecified atom stereocenters. The number of aliphatic hydroxyl groups is 1. The Bertz CT molecular complexity index is 727. The van der Waals surface area contributed by atoms with E-state index in [4.69, 9.17) is 4.74 Å². The van der Waals surface area contributed by atoms with Crippen LogP contribution in [0.15, 0.2) is 30.5 Å². The van der Waals surface area contributed by atoms with Gasteiger partial charge in [-0.05, 0) is 19.1 Å². The summed E-state index contributed by atoms with van der Waals surface area (Å²) in [5.41, 5.74) is -0.771. The second-order valence-corrected chi connectivity index (χ2v) is 5.79. The van der Waals surface area contributed by atoms with Crippen LogP contribution in [0.25, 0.3) is 11.5 Å². The summed E-state index contributed by atoms with van der Waals surface area (Å²) in [5, 5.41) is 9.28. The van der Waals surface area contributed by atoms with Crippen LogP contribution in [0.2, 0.25) is 0 Å². The third-order valence-electron chi connectivity index (χ3n) is 3.90. The van der Waals surface area contributed by atoms with E-state index in [0.717, 1.165) is 6.07 Å². The zero-order chi connectivity index (χ0) is 18.0. The molecule has 0 saturated carbocycles. The van der Waals surface area contributed by atoms with Crippen molar-refractivity contribution < 1.29 is 23.0 Å². The van der Waals surface area contributed by atoms with Crippen LogP contribution in [0.5, 0.6) is 0 Å². The number of nitrogens with zero attached hydrogens (tertiary/aromatic N) is 4. The molecule has 0 bridgehead atoms. The van der Waals surface area contributed by atoms with Gasteiger partial charge in [-0.25, -0.2) is 9.97 Å². The molecule has 2 aromatic rings. The van der Waals surface area contributed by atoms with Gasteiger partial charge >= 0.3 is 6.18 Å². The largest absolute Gasteiger partial charge is 0.433 e. The number of morpholine rings is 1. The highest BCUT2D eigenvalue weighted by atomic mass is 19.4. The number of anilines is 1. The van der Waals surface area contributed by atoms with E-state index in [-0.39, 0.29) is 43.1 Å². The first-order chi connectivity index (χ1) is 11.9. The Morgan fingerprint density at radius 1 is 1.32 bits per heavy atom. The molecule has 0 radical (unpaired) electrons. The molecular formula is C16H17F3N4O2. The Balaban J connectivity index is 2.06. The topological polar surface area (TPSA) is 71.4 Å². The third kappa shape index (κ3) is 3.88. The molecule has 1 fully saturated rings. The summed E-state index contributed by atoms with van der Waals surface area (Å²) in [6.45, 7) is 2.14. The zero-order valence-corrected chi connectivity index (χ0v) is 13.4. The van der Waals surface area contributed by atoms with Crippen molar-refractivity contribution >= 4 is 5.82 Å². The van der Waals surface area contributed by atoms with Gasteiger partial charge in [-0.2, -0.15) is 13.2 Å². The van der Waals surface area contributed by atoms with Crippen LogP contribution in [0, 0.1) is 0 Å². The Kier molecular flexibility index (Phi) is 4.87. The Hall–Kier alpha value is -2.26. The molecule has 25 heavy (non-hydrogen) atoms. The predicted molar refractivity (Wildman–Crippen MR) is 83.9 cm³/mol. The van der Waals surface area contributed by atoms with E-state index in [9.17, 15) is 18.3 Å². The summed E-state index contributed by atoms with van der Waals surface area (Å²) in [5.74, 6) is 0.0434. The van der Waals surface area contributed by atoms with E-state index in [0.29, 0.717) is 0 Å². The minimum absolute atomic E-state index is 0.0929. The molecule has 0 amide bonds. The van der Waals surface area contributed by atoms with Crippen molar-refractivity contribution in [3.63, 3.8) is 0 Å². The van der Waals surface area contributed by atoms with E-state index < -0.39 is 18.0 Å². The lowest BCUT2D eigenvalue weighted by atomic mass is 10.2. The molecule has 1 aliphatic heterocycles. The van der Waals surface area contributed by atoms with Gasteiger partial charge in [-0.3, -0.25) is 4.98 Å². The van der Waals surface area contributed by atoms with Crippen molar-refractivity contribution in [3.05, 3.63) is 36.2 Å². The molecule has 134 valence electrons. The molecule has 2 aromatic heterocycles. The number of rotatable bonds is 3. The molecule has 0 aromatic carbocycles. The van der Waals surface area contributed by atoms with Crippen molar-refractivity contribution in [3.8, 4) is 11.5 Å². The van der Waals surface area contributed by atoms with E-state index in [1.54, 1.807) is 23.1 Å². The van der Waals surface area contributed by atoms with Crippen LogP contribution in [0.4, 0.5) is 19.0 Å². The van der Waals surface area contributed by atoms with Gasteiger partial charge in [0.2, 0.25) is 0 Å². The zero-order valence-electron chi connectivity index (χ0n) is 13.4. The summed E-state index contributed by atoms with van der Waals surface area (Å²) >= 11 is 0. The SMILES string of the molecule is CC1COC(CO)CN1c1cc(C(F)(F)F)nc(-c2ccccn2)n1. The van der Waals surface area contributed by atoms with Crippen LogP contribution in [0.3, 0.4) is 0 Å². The van der Waals surface area contributed by atoms with E-state index in [2.05, 4.69) is 15.0 Å². The second-order valence-electron chi connectivity index (χ2n) is 5.79. The van der Waals surface area contributed by atoms with Crippen LogP contribution >= 0.6 is 0 Å². The predicted octanol–water partition coefficient (Wildman–Crippen LogP) is 2.14. The summed E-state index contributed by atoms with van der Waals surface area (Å²) in [6, 6.07) is 5.61. The first-order valence-corrected chi connectivity index (χ1v) is 7.75. The molecule has 1 N–H and O–H groups in total. The summed E-state index contributed by atoms with van der Waals surface area (Å²) in [7, 11) is 0. The molecule has 3 rings (SSSR count). The highest BCUT2D eigenvalue weighted by molar-refractivity contribution is 5.54. The molecule has 2 atom stereocenters. The lowest BCUT2D eigenvalue weighted by molar-refractivity contribution is -0.141. The number of aromatic nitrogens is 3. The monoisotopic (exact) mass is 354 g/mol. The molecule has 1 saturated heterocycles. The number of halogens is 3. The van der Waals surface area contributed by atoms with Crippen LogP contribution in [-0.4, -0.2) is 52.0 Å². The van der Waals surface area contributed by atoms with Crippen molar-refractivity contribution in [2.75, 3.05) is 24.7 Å². The van der Waals surface area contributed by atoms with Gasteiger partial charge in [0.05, 0.1) is 25.4 Å². The fourth-order valence-electron chi connectivity index (χ4n) is 2.58. The molecule has 6 nitrogen and oxygen atoms in total. The van der Waals surface area contributed by atoms with E-state index in [1.165, 1.54) is 6.20 Å². The fraction of sp³-hybridized carbons (Fsp3) is 0.438. The molecule has 0 aliphatic carbocycles. The second kappa shape index (κ2) is 6.93. The van der Waals surface area contributed by atoms with Crippen LogP contribution in [-0.2, 0) is 10.9 Å². The maximum atomic E-state index is 13.3. The number of alkyl halides is 3. The molecule has 3 heterocycles. The number of hydrogen-bond acceptors (Lipinski definition) is 6. The van der Waals surface area contributed by atoms with E-state index in [1.807, 2.05) is 6.92 Å². The van der Waals surface area contributed by atoms with Gasteiger partial charge in [-0.15, -0.1) is 0 Å². The smallest absolute Gasteiger partial charge is 0.394 e. The third-order valence-corrected chi connectivity index (χ3v) is 3.90. The normalized spacial score (nSPS) is 21.4. The maximum Gasteiger partial charge on any atom is 0.433 e. The molecular weight excluding hydrogens is 337 g/mol. The summed E-state index contributed by atoms with van der Waals surface area (Å²) in [4.78, 5) is 13.6. The average Bonchev–Trinajstić information content (AvgIpc) is 2.62. The Morgan fingerprint density at radius 2 is 2.12 bits per heavy atom. The number of pyridine rings is 1. The highest BCUT2D eigenvalue weighted by Gasteiger charge is 2.36. The van der Waals surface area contributed by atoms with Crippen molar-refractivity contribution in [1.29, 1.82) is 0 Å². The first kappa shape index (κ1) is 17.6. The summed E-state index contributed by atoms with van der Waals surface area (Å²) in [6.07, 6.45) is -3.61. The minimum atomic E-state index is -4.60. The summed E-state index contributed by atoms with van der Waals surface area (Å²) < 4.78 is 45.3. The molecule has 9 heteroatoms. The Labute approximate surface area is 142 Å². The van der Waals surface area contributed by atoms with Crippen LogP contribution in [0.1, 0.15) is 12.6 Å². The Morgan fingerprint density at radius 3 is 2.76 bits per heavy atom. The van der Waals surface area contributed by atoms with Gasteiger partial charge in [0.1, 0.15) is 11.5 Å². The fourth-order valence-corrected chi connectivity index (χ4v) is 2.58. The van der Waals surface area contributed by atoms with Gasteiger partial charge in [0.25, 0.3) is 0 Å². The standard InChI is InChI=1S/C16H17F3N4O2/c1-10-9-25-11(8-24)7-23(10)14-6-13(16(17,18)19)21-15(22-14)12-4-2-3-5-20-12/h2-6,10-11,24H,7-9H2,1H3. The van der Waals surface area contributed by atoms with Crippen LogP contribution < -0.4 is 4.90 Å². The average molecular weight is 354 g/mol. The van der Waals surface area contributed by atoms with Crippen molar-refractivity contribution in [1.82, 2.24) is 15.0 Å². The van der Waals surface area contributed by atoms with Crippen molar-refractivity contribution in [2.24, 2.45) is 0 Å². The molecule has 0 spiro atoms. The first-order valence-electron chi connectivity index (χ1n) is 7.75. The lowest BCUT2D eigenvalue weighted by Gasteiger charge is -2.38. The minimum Gasteiger partial charge on any atom is -0.394 e. The van der Waals surface area contributed by atoms with Gasteiger partial charge in [0, 0.05) is 18.8 Å². The quantitative estimate of drug-likeness (QED) is 0.911. The maximum absolute atomic E-state index is 13.3. The number of aliphatic hydroxyl groups excluding tert-OH is 1. The van der Waals surface area contributed by atoms with Gasteiger partial charge in [0.15, 0.2) is 11.5 Å². The number of hydrogen-bond donors (Lipinski definition) is 1. The highest BCUT2D eigenvalue weighted by Crippen LogP contribution is 2.32. The number of ether oxygens (including phenoxy) is 1. The van der Waals surface area contributed by atoms with Gasteiger partial charge < -0.3 is 14.7 Å². The lowest BCUT2D eigenvalue weighted by Crippen LogP contribution is -2.50. The van der Waals surface area contributed by atoms with Gasteiger partial charge in [-0.1, -0.05) is 6.07 Å². The molecule has 1 aliphatic rings. The van der Waals surface area contributed by atoms with Crippen molar-refractivity contribution in [2.45, 2.75) is 25.2 Å². The van der Waals surface area contributed by atoms with E-state index >= 15 is 0 Å².